The second kappa shape index (κ2) is 6.83. The van der Waals surface area contributed by atoms with E-state index in [-0.39, 0.29) is 6.04 Å². The maximum Gasteiger partial charge on any atom is 0.142 e. The fraction of sp³-hybridized carbons (Fsp3) is 0.385. The second-order valence-corrected chi connectivity index (χ2v) is 5.04. The molecule has 7 heteroatoms. The van der Waals surface area contributed by atoms with Crippen molar-refractivity contribution in [1.29, 1.82) is 0 Å². The number of ether oxygens (including phenoxy) is 2. The number of nitrogens with zero attached hydrogens (tertiary/aromatic N) is 3. The van der Waals surface area contributed by atoms with Crippen LogP contribution in [0.15, 0.2) is 29.1 Å². The third-order valence-electron chi connectivity index (χ3n) is 3.01. The number of hydrogen-bond acceptors (Lipinski definition) is 5. The maximum absolute atomic E-state index is 6.37. The van der Waals surface area contributed by atoms with Crippen LogP contribution in [0.3, 0.4) is 0 Å². The third-order valence-corrected chi connectivity index (χ3v) is 3.62. The third kappa shape index (κ3) is 3.00. The first kappa shape index (κ1) is 15.0. The zero-order valence-corrected chi connectivity index (χ0v) is 13.0. The number of hydrogen-bond donors (Lipinski definition) is 1. The molecule has 20 heavy (non-hydrogen) atoms. The Morgan fingerprint density at radius 3 is 2.90 bits per heavy atom. The molecule has 0 bridgehead atoms. The molecule has 2 aromatic heterocycles. The quantitative estimate of drug-likeness (QED) is 0.866. The van der Waals surface area contributed by atoms with E-state index in [1.54, 1.807) is 32.8 Å². The Morgan fingerprint density at radius 1 is 1.40 bits per heavy atom. The average molecular weight is 341 g/mol. The van der Waals surface area contributed by atoms with Crippen LogP contribution >= 0.6 is 15.9 Å². The minimum atomic E-state index is -0.360. The fourth-order valence-electron chi connectivity index (χ4n) is 2.00. The Balaban J connectivity index is 2.37. The Morgan fingerprint density at radius 2 is 2.20 bits per heavy atom. The molecule has 1 unspecified atom stereocenters. The van der Waals surface area contributed by atoms with Crippen molar-refractivity contribution in [3.63, 3.8) is 0 Å². The number of methoxy groups -OCH3 is 2. The van der Waals surface area contributed by atoms with Crippen molar-refractivity contribution in [2.24, 2.45) is 5.73 Å². The molecule has 0 fully saturated rings. The van der Waals surface area contributed by atoms with E-state index in [9.17, 15) is 0 Å². The van der Waals surface area contributed by atoms with Crippen molar-refractivity contribution in [2.75, 3.05) is 20.8 Å². The van der Waals surface area contributed by atoms with E-state index in [2.05, 4.69) is 26.0 Å². The molecular weight excluding hydrogens is 324 g/mol. The normalized spacial score (nSPS) is 12.4. The summed E-state index contributed by atoms with van der Waals surface area (Å²) in [4.78, 5) is 4.04. The SMILES string of the molecule is COCCn1ncc(Br)c1C(N)c1ccncc1OC. The van der Waals surface area contributed by atoms with Crippen LogP contribution in [0.25, 0.3) is 0 Å². The van der Waals surface area contributed by atoms with Gasteiger partial charge in [-0.25, -0.2) is 0 Å². The van der Waals surface area contributed by atoms with Gasteiger partial charge >= 0.3 is 0 Å². The Kier molecular flexibility index (Phi) is 5.11. The van der Waals surface area contributed by atoms with Crippen LogP contribution in [-0.2, 0) is 11.3 Å². The molecular formula is C13H17BrN4O2. The Hall–Kier alpha value is -1.44. The molecule has 0 aliphatic heterocycles. The van der Waals surface area contributed by atoms with Gasteiger partial charge in [-0.2, -0.15) is 5.10 Å². The molecule has 6 nitrogen and oxygen atoms in total. The minimum Gasteiger partial charge on any atom is -0.495 e. The van der Waals surface area contributed by atoms with Crippen molar-refractivity contribution in [3.05, 3.63) is 40.4 Å². The summed E-state index contributed by atoms with van der Waals surface area (Å²) in [5.41, 5.74) is 8.12. The van der Waals surface area contributed by atoms with Gasteiger partial charge in [0, 0.05) is 18.9 Å². The first-order valence-corrected chi connectivity index (χ1v) is 6.92. The minimum absolute atomic E-state index is 0.360. The smallest absolute Gasteiger partial charge is 0.142 e. The highest BCUT2D eigenvalue weighted by molar-refractivity contribution is 9.10. The van der Waals surface area contributed by atoms with E-state index in [1.165, 1.54) is 0 Å². The van der Waals surface area contributed by atoms with Crippen LogP contribution in [0.2, 0.25) is 0 Å². The van der Waals surface area contributed by atoms with Crippen molar-refractivity contribution in [3.8, 4) is 5.75 Å². The van der Waals surface area contributed by atoms with Crippen LogP contribution < -0.4 is 10.5 Å². The van der Waals surface area contributed by atoms with E-state index in [4.69, 9.17) is 15.2 Å². The topological polar surface area (TPSA) is 75.2 Å². The van der Waals surface area contributed by atoms with Crippen molar-refractivity contribution < 1.29 is 9.47 Å². The molecule has 0 amide bonds. The standard InChI is InChI=1S/C13H17BrN4O2/c1-19-6-5-18-13(10(14)7-17-18)12(15)9-3-4-16-8-11(9)20-2/h3-4,7-8,12H,5-6,15H2,1-2H3. The van der Waals surface area contributed by atoms with E-state index in [1.807, 2.05) is 10.7 Å². The fourth-order valence-corrected chi connectivity index (χ4v) is 2.55. The van der Waals surface area contributed by atoms with Crippen LogP contribution in [-0.4, -0.2) is 35.6 Å². The molecule has 0 aliphatic rings. The van der Waals surface area contributed by atoms with Crippen LogP contribution in [0, 0.1) is 0 Å². The largest absolute Gasteiger partial charge is 0.495 e. The maximum atomic E-state index is 6.37. The van der Waals surface area contributed by atoms with Gasteiger partial charge in [-0.3, -0.25) is 9.67 Å². The molecule has 2 rings (SSSR count). The first-order chi connectivity index (χ1) is 9.69. The van der Waals surface area contributed by atoms with Gasteiger partial charge in [0.05, 0.1) is 48.9 Å². The lowest BCUT2D eigenvalue weighted by Gasteiger charge is -2.17. The molecule has 2 heterocycles. The highest BCUT2D eigenvalue weighted by atomic mass is 79.9. The summed E-state index contributed by atoms with van der Waals surface area (Å²) in [6.45, 7) is 1.21. The van der Waals surface area contributed by atoms with E-state index in [0.717, 1.165) is 15.7 Å². The number of aromatic nitrogens is 3. The molecule has 2 aromatic rings. The Labute approximate surface area is 126 Å². The summed E-state index contributed by atoms with van der Waals surface area (Å²) in [5, 5.41) is 4.31. The molecule has 0 aliphatic carbocycles. The van der Waals surface area contributed by atoms with Gasteiger partial charge in [-0.05, 0) is 22.0 Å². The molecule has 0 spiro atoms. The van der Waals surface area contributed by atoms with Crippen LogP contribution in [0.4, 0.5) is 0 Å². The molecule has 0 aromatic carbocycles. The van der Waals surface area contributed by atoms with Crippen molar-refractivity contribution in [2.45, 2.75) is 12.6 Å². The Bertz CT molecular complexity index is 573. The number of nitrogens with two attached hydrogens (primary N) is 1. The number of rotatable bonds is 6. The lowest BCUT2D eigenvalue weighted by molar-refractivity contribution is 0.182. The van der Waals surface area contributed by atoms with E-state index >= 15 is 0 Å². The lowest BCUT2D eigenvalue weighted by atomic mass is 10.1. The summed E-state index contributed by atoms with van der Waals surface area (Å²) in [6, 6.07) is 1.49. The van der Waals surface area contributed by atoms with Gasteiger partial charge in [0.25, 0.3) is 0 Å². The van der Waals surface area contributed by atoms with Gasteiger partial charge in [-0.15, -0.1) is 0 Å². The first-order valence-electron chi connectivity index (χ1n) is 6.12. The summed E-state index contributed by atoms with van der Waals surface area (Å²) in [6.07, 6.45) is 5.08. The molecule has 108 valence electrons. The highest BCUT2D eigenvalue weighted by Crippen LogP contribution is 2.31. The summed E-state index contributed by atoms with van der Waals surface area (Å²) in [5.74, 6) is 0.659. The van der Waals surface area contributed by atoms with Gasteiger partial charge in [0.15, 0.2) is 0 Å². The molecule has 0 saturated carbocycles. The molecule has 2 N–H and O–H groups in total. The lowest BCUT2D eigenvalue weighted by Crippen LogP contribution is -2.20. The van der Waals surface area contributed by atoms with Gasteiger partial charge in [-0.1, -0.05) is 0 Å². The molecule has 1 atom stereocenters. The van der Waals surface area contributed by atoms with Crippen LogP contribution in [0.5, 0.6) is 5.75 Å². The predicted octanol–water partition coefficient (Wildman–Crippen LogP) is 1.74. The van der Waals surface area contributed by atoms with Crippen molar-refractivity contribution >= 4 is 15.9 Å². The predicted molar refractivity (Wildman–Crippen MR) is 78.6 cm³/mol. The van der Waals surface area contributed by atoms with Gasteiger partial charge in [0.2, 0.25) is 0 Å². The van der Waals surface area contributed by atoms with Crippen molar-refractivity contribution in [1.82, 2.24) is 14.8 Å². The number of pyridine rings is 1. The number of halogens is 1. The summed E-state index contributed by atoms with van der Waals surface area (Å²) >= 11 is 3.49. The van der Waals surface area contributed by atoms with Crippen LogP contribution in [0.1, 0.15) is 17.3 Å². The zero-order chi connectivity index (χ0) is 14.5. The second-order valence-electron chi connectivity index (χ2n) is 4.19. The average Bonchev–Trinajstić information content (AvgIpc) is 2.85. The monoisotopic (exact) mass is 340 g/mol. The molecule has 0 radical (unpaired) electrons. The summed E-state index contributed by atoms with van der Waals surface area (Å²) < 4.78 is 13.1. The molecule has 0 saturated heterocycles. The van der Waals surface area contributed by atoms with Gasteiger partial charge < -0.3 is 15.2 Å². The van der Waals surface area contributed by atoms with E-state index in [0.29, 0.717) is 18.9 Å². The van der Waals surface area contributed by atoms with E-state index < -0.39 is 0 Å². The summed E-state index contributed by atoms with van der Waals surface area (Å²) in [7, 11) is 3.26. The van der Waals surface area contributed by atoms with Gasteiger partial charge in [0.1, 0.15) is 5.75 Å². The zero-order valence-electron chi connectivity index (χ0n) is 11.4. The highest BCUT2D eigenvalue weighted by Gasteiger charge is 2.21.